The van der Waals surface area contributed by atoms with Gasteiger partial charge in [0.15, 0.2) is 0 Å². The molecule has 10 heteroatoms. The predicted octanol–water partition coefficient (Wildman–Crippen LogP) is 2.76. The van der Waals surface area contributed by atoms with Crippen molar-refractivity contribution in [1.82, 2.24) is 34.6 Å². The maximum absolute atomic E-state index is 13.5. The average molecular weight is 516 g/mol. The molecule has 0 saturated heterocycles. The predicted molar refractivity (Wildman–Crippen MR) is 148 cm³/mol. The van der Waals surface area contributed by atoms with Gasteiger partial charge in [-0.15, -0.1) is 0 Å². The van der Waals surface area contributed by atoms with Gasteiger partial charge in [-0.25, -0.2) is 9.97 Å². The smallest absolute Gasteiger partial charge is 0.234 e. The van der Waals surface area contributed by atoms with Gasteiger partial charge in [-0.3, -0.25) is 24.0 Å². The number of nitrogens with two attached hydrogens (primary N) is 1. The molecule has 1 aliphatic rings. The largest absolute Gasteiger partial charge is 0.349 e. The number of pyridine rings is 2. The van der Waals surface area contributed by atoms with Crippen molar-refractivity contribution < 1.29 is 4.79 Å². The number of imidazole rings is 1. The van der Waals surface area contributed by atoms with Crippen molar-refractivity contribution in [3.8, 4) is 23.1 Å². The first-order valence-electron chi connectivity index (χ1n) is 12.5. The Balaban J connectivity index is 1.40. The van der Waals surface area contributed by atoms with Crippen LogP contribution in [0.3, 0.4) is 0 Å². The van der Waals surface area contributed by atoms with Crippen LogP contribution in [0.25, 0.3) is 22.3 Å². The van der Waals surface area contributed by atoms with Gasteiger partial charge in [-0.2, -0.15) is 5.10 Å². The van der Waals surface area contributed by atoms with E-state index < -0.39 is 18.1 Å². The number of nitrogens with zero attached hydrogens (tertiary/aromatic N) is 7. The van der Waals surface area contributed by atoms with Gasteiger partial charge in [-0.05, 0) is 19.1 Å². The van der Waals surface area contributed by atoms with Crippen LogP contribution in [-0.2, 0) is 11.8 Å². The van der Waals surface area contributed by atoms with Gasteiger partial charge in [-0.1, -0.05) is 42.2 Å². The molecule has 1 amide bonds. The van der Waals surface area contributed by atoms with Crippen LogP contribution < -0.4 is 11.1 Å². The minimum atomic E-state index is -0.724. The van der Waals surface area contributed by atoms with Crippen molar-refractivity contribution in [2.45, 2.75) is 25.0 Å². The standard InChI is InChI=1S/C29H25N9O/c1-18(35-29(39)24-27(30)33-17-38-13-12-32-28(24)38)22-14-23-26(36-25(22)20-6-4-3-5-7-20)21(10-11-31-23)9-8-19-15-34-37(2)16-19/h3-7,10-18,24,27H,30H2,1-2H3,(H,35,39)/t18-,24?,27?/m1/s1. The zero-order chi connectivity index (χ0) is 26.9. The number of fused-ring (bicyclic) bond motifs is 2. The Morgan fingerprint density at radius 1 is 1.13 bits per heavy atom. The molecule has 2 unspecified atom stereocenters. The molecule has 0 fully saturated rings. The molecular weight excluding hydrogens is 490 g/mol. The third kappa shape index (κ3) is 4.67. The lowest BCUT2D eigenvalue weighted by Crippen LogP contribution is -2.43. The summed E-state index contributed by atoms with van der Waals surface area (Å²) in [6.45, 7) is 1.92. The van der Waals surface area contributed by atoms with Crippen LogP contribution in [0.1, 0.15) is 41.4 Å². The molecule has 6 rings (SSSR count). The van der Waals surface area contributed by atoms with E-state index in [2.05, 4.69) is 37.2 Å². The summed E-state index contributed by atoms with van der Waals surface area (Å²) in [6, 6.07) is 13.3. The van der Waals surface area contributed by atoms with Crippen LogP contribution in [0.2, 0.25) is 0 Å². The molecule has 0 spiro atoms. The van der Waals surface area contributed by atoms with Crippen LogP contribution in [-0.4, -0.2) is 47.7 Å². The SMILES string of the molecule is C[C@@H](NC(=O)C1c2nccn2C=NC1N)c1cc2nccc(C#Cc3cnn(C)c3)c2nc1-c1ccccc1. The summed E-state index contributed by atoms with van der Waals surface area (Å²) >= 11 is 0. The van der Waals surface area contributed by atoms with Crippen molar-refractivity contribution in [2.75, 3.05) is 0 Å². The van der Waals surface area contributed by atoms with Crippen LogP contribution in [0.5, 0.6) is 0 Å². The minimum absolute atomic E-state index is 0.262. The first-order valence-corrected chi connectivity index (χ1v) is 12.5. The second-order valence-corrected chi connectivity index (χ2v) is 9.33. The van der Waals surface area contributed by atoms with Crippen LogP contribution in [0, 0.1) is 11.8 Å². The first kappa shape index (κ1) is 24.2. The molecule has 5 aromatic rings. The summed E-state index contributed by atoms with van der Waals surface area (Å²) in [7, 11) is 1.85. The Kier molecular flexibility index (Phi) is 6.19. The van der Waals surface area contributed by atoms with Gasteiger partial charge in [0.05, 0.1) is 40.9 Å². The molecule has 192 valence electrons. The maximum atomic E-state index is 13.5. The Morgan fingerprint density at radius 2 is 1.97 bits per heavy atom. The fourth-order valence-electron chi connectivity index (χ4n) is 4.67. The highest BCUT2D eigenvalue weighted by molar-refractivity contribution is 5.88. The van der Waals surface area contributed by atoms with Gasteiger partial charge in [0, 0.05) is 43.0 Å². The molecule has 0 aliphatic carbocycles. The van der Waals surface area contributed by atoms with E-state index in [1.54, 1.807) is 40.4 Å². The van der Waals surface area contributed by atoms with Crippen molar-refractivity contribution >= 4 is 23.3 Å². The fourth-order valence-corrected chi connectivity index (χ4v) is 4.67. The third-order valence-electron chi connectivity index (χ3n) is 6.62. The molecule has 1 aliphatic heterocycles. The summed E-state index contributed by atoms with van der Waals surface area (Å²) in [5.74, 6) is 5.95. The summed E-state index contributed by atoms with van der Waals surface area (Å²) in [6.07, 6.45) is 9.53. The number of hydrogen-bond acceptors (Lipinski definition) is 7. The Labute approximate surface area is 224 Å². The number of benzene rings is 1. The number of aromatic nitrogens is 6. The maximum Gasteiger partial charge on any atom is 0.234 e. The molecule has 3 atom stereocenters. The molecular formula is C29H25N9O. The van der Waals surface area contributed by atoms with E-state index in [-0.39, 0.29) is 5.91 Å². The molecule has 5 heterocycles. The minimum Gasteiger partial charge on any atom is -0.349 e. The van der Waals surface area contributed by atoms with E-state index in [1.807, 2.05) is 62.6 Å². The normalized spacial score (nSPS) is 16.8. The highest BCUT2D eigenvalue weighted by atomic mass is 16.2. The average Bonchev–Trinajstić information content (AvgIpc) is 3.60. The Bertz CT molecular complexity index is 1770. The summed E-state index contributed by atoms with van der Waals surface area (Å²) in [5, 5.41) is 7.29. The van der Waals surface area contributed by atoms with E-state index >= 15 is 0 Å². The third-order valence-corrected chi connectivity index (χ3v) is 6.62. The number of aryl methyl sites for hydroxylation is 1. The second-order valence-electron chi connectivity index (χ2n) is 9.33. The van der Waals surface area contributed by atoms with E-state index in [0.717, 1.165) is 27.9 Å². The number of rotatable bonds is 4. The van der Waals surface area contributed by atoms with Gasteiger partial charge < -0.3 is 11.1 Å². The first-order chi connectivity index (χ1) is 19.0. The number of amides is 1. The molecule has 0 bridgehead atoms. The number of carbonyl (C=O) groups excluding carboxylic acids is 1. The van der Waals surface area contributed by atoms with E-state index in [4.69, 9.17) is 10.7 Å². The summed E-state index contributed by atoms with van der Waals surface area (Å²) < 4.78 is 3.42. The number of nitrogens with one attached hydrogen (secondary N) is 1. The van der Waals surface area contributed by atoms with Crippen LogP contribution >= 0.6 is 0 Å². The molecule has 3 N–H and O–H groups in total. The van der Waals surface area contributed by atoms with Crippen molar-refractivity contribution in [3.05, 3.63) is 96.0 Å². The van der Waals surface area contributed by atoms with Crippen LogP contribution in [0.15, 0.2) is 78.4 Å². The molecule has 10 nitrogen and oxygen atoms in total. The van der Waals surface area contributed by atoms with Crippen molar-refractivity contribution in [2.24, 2.45) is 17.8 Å². The van der Waals surface area contributed by atoms with Gasteiger partial charge >= 0.3 is 0 Å². The van der Waals surface area contributed by atoms with Gasteiger partial charge in [0.1, 0.15) is 23.4 Å². The molecule has 0 radical (unpaired) electrons. The zero-order valence-corrected chi connectivity index (χ0v) is 21.4. The van der Waals surface area contributed by atoms with Crippen molar-refractivity contribution in [3.63, 3.8) is 0 Å². The highest BCUT2D eigenvalue weighted by Crippen LogP contribution is 2.31. The highest BCUT2D eigenvalue weighted by Gasteiger charge is 2.34. The zero-order valence-electron chi connectivity index (χ0n) is 21.4. The number of hydrogen-bond donors (Lipinski definition) is 2. The molecule has 1 aromatic carbocycles. The molecule has 39 heavy (non-hydrogen) atoms. The monoisotopic (exact) mass is 515 g/mol. The number of aliphatic imine (C=N–C) groups is 1. The lowest BCUT2D eigenvalue weighted by Gasteiger charge is -2.26. The summed E-state index contributed by atoms with van der Waals surface area (Å²) in [5.41, 5.74) is 11.6. The fraction of sp³-hybridized carbons (Fsp3) is 0.172. The van der Waals surface area contributed by atoms with E-state index in [0.29, 0.717) is 16.9 Å². The van der Waals surface area contributed by atoms with Gasteiger partial charge in [0.25, 0.3) is 0 Å². The van der Waals surface area contributed by atoms with E-state index in [1.165, 1.54) is 0 Å². The summed E-state index contributed by atoms with van der Waals surface area (Å²) in [4.78, 5) is 31.7. The quantitative estimate of drug-likeness (QED) is 0.354. The van der Waals surface area contributed by atoms with Crippen LogP contribution in [0.4, 0.5) is 0 Å². The lowest BCUT2D eigenvalue weighted by atomic mass is 9.97. The lowest BCUT2D eigenvalue weighted by molar-refractivity contribution is -0.123. The Hall–Kier alpha value is -5.14. The topological polar surface area (TPSA) is 129 Å². The van der Waals surface area contributed by atoms with Crippen molar-refractivity contribution in [1.29, 1.82) is 0 Å². The number of carbonyl (C=O) groups is 1. The van der Waals surface area contributed by atoms with E-state index in [9.17, 15) is 4.79 Å². The molecule has 4 aromatic heterocycles. The Morgan fingerprint density at radius 3 is 2.77 bits per heavy atom. The van der Waals surface area contributed by atoms with Gasteiger partial charge in [0.2, 0.25) is 5.91 Å². The molecule has 0 saturated carbocycles. The second kappa shape index (κ2) is 9.96.